The topological polar surface area (TPSA) is 73.9 Å². The van der Waals surface area contributed by atoms with Crippen molar-refractivity contribution in [3.8, 4) is 5.75 Å². The van der Waals surface area contributed by atoms with Crippen LogP contribution in [-0.4, -0.2) is 32.3 Å². The molecule has 0 heterocycles. The van der Waals surface area contributed by atoms with E-state index in [1.807, 2.05) is 12.1 Å². The predicted molar refractivity (Wildman–Crippen MR) is 115 cm³/mol. The van der Waals surface area contributed by atoms with Crippen LogP contribution in [-0.2, 0) is 24.8 Å². The Labute approximate surface area is 183 Å². The minimum atomic E-state index is -1.07. The molecule has 0 aliphatic carbocycles. The van der Waals surface area contributed by atoms with Gasteiger partial charge in [-0.25, -0.2) is 18.4 Å². The van der Waals surface area contributed by atoms with Gasteiger partial charge in [-0.15, -0.1) is 11.8 Å². The van der Waals surface area contributed by atoms with Crippen molar-refractivity contribution in [2.45, 2.75) is 19.6 Å². The lowest BCUT2D eigenvalue weighted by Gasteiger charge is -2.16. The van der Waals surface area contributed by atoms with Crippen LogP contribution in [0.1, 0.15) is 19.4 Å². The molecule has 166 valence electrons. The number of ether oxygens (including phenoxy) is 3. The van der Waals surface area contributed by atoms with Crippen LogP contribution in [0.5, 0.6) is 5.75 Å². The fourth-order valence-corrected chi connectivity index (χ4v) is 3.43. The van der Waals surface area contributed by atoms with Crippen molar-refractivity contribution >= 4 is 29.4 Å². The smallest absolute Gasteiger partial charge is 0.348 e. The molecule has 0 aliphatic heterocycles. The molecule has 2 aromatic carbocycles. The first-order chi connectivity index (χ1) is 14.9. The maximum Gasteiger partial charge on any atom is 0.348 e. The normalized spacial score (nSPS) is 10.2. The molecule has 0 fully saturated rings. The van der Waals surface area contributed by atoms with Gasteiger partial charge < -0.3 is 19.5 Å². The van der Waals surface area contributed by atoms with Gasteiger partial charge in [-0.1, -0.05) is 12.1 Å². The van der Waals surface area contributed by atoms with Crippen molar-refractivity contribution in [3.05, 3.63) is 70.3 Å². The van der Waals surface area contributed by atoms with Gasteiger partial charge >= 0.3 is 11.9 Å². The molecule has 0 saturated carbocycles. The quantitative estimate of drug-likeness (QED) is 0.244. The Bertz CT molecular complexity index is 927. The van der Waals surface area contributed by atoms with E-state index in [9.17, 15) is 18.4 Å². The molecule has 0 amide bonds. The van der Waals surface area contributed by atoms with E-state index < -0.39 is 23.6 Å². The highest BCUT2D eigenvalue weighted by molar-refractivity contribution is 8.02. The molecule has 31 heavy (non-hydrogen) atoms. The third kappa shape index (κ3) is 6.99. The van der Waals surface area contributed by atoms with E-state index in [0.717, 1.165) is 29.5 Å². The van der Waals surface area contributed by atoms with Gasteiger partial charge in [-0.3, -0.25) is 0 Å². The number of esters is 2. The molecule has 1 N–H and O–H groups in total. The Morgan fingerprint density at radius 2 is 1.55 bits per heavy atom. The van der Waals surface area contributed by atoms with Crippen LogP contribution in [0.25, 0.3) is 0 Å². The van der Waals surface area contributed by atoms with Gasteiger partial charge in [0.1, 0.15) is 5.75 Å². The molecule has 0 radical (unpaired) electrons. The van der Waals surface area contributed by atoms with Crippen molar-refractivity contribution in [3.63, 3.8) is 0 Å². The number of benzene rings is 2. The first-order valence-electron chi connectivity index (χ1n) is 9.45. The standard InChI is InChI=1S/C22H23F2NO5S/c1-4-29-21(26)19(22(27)30-5-2)20(25-15-8-11-17(23)18(24)12-15)31-13-14-6-9-16(28-3)10-7-14/h6-12,25H,4-5,13H2,1-3H3. The van der Waals surface area contributed by atoms with Crippen LogP contribution >= 0.6 is 11.8 Å². The van der Waals surface area contributed by atoms with E-state index in [4.69, 9.17) is 14.2 Å². The average molecular weight is 451 g/mol. The van der Waals surface area contributed by atoms with Crippen molar-refractivity contribution < 1.29 is 32.6 Å². The number of carbonyl (C=O) groups excluding carboxylic acids is 2. The minimum absolute atomic E-state index is 0.0450. The van der Waals surface area contributed by atoms with Gasteiger partial charge in [0.2, 0.25) is 0 Å². The Balaban J connectivity index is 2.42. The van der Waals surface area contributed by atoms with Crippen LogP contribution in [0.2, 0.25) is 0 Å². The molecule has 0 aromatic heterocycles. The van der Waals surface area contributed by atoms with Gasteiger partial charge in [-0.05, 0) is 43.7 Å². The van der Waals surface area contributed by atoms with Crippen molar-refractivity contribution in [1.82, 2.24) is 0 Å². The van der Waals surface area contributed by atoms with Crippen molar-refractivity contribution in [1.29, 1.82) is 0 Å². The lowest BCUT2D eigenvalue weighted by atomic mass is 10.2. The summed E-state index contributed by atoms with van der Waals surface area (Å²) in [5.74, 6) is -2.81. The summed E-state index contributed by atoms with van der Waals surface area (Å²) in [6.45, 7) is 3.30. The number of anilines is 1. The molecule has 0 atom stereocenters. The summed E-state index contributed by atoms with van der Waals surface area (Å²) in [5, 5.41) is 2.92. The third-order valence-corrected chi connectivity index (χ3v) is 4.98. The zero-order chi connectivity index (χ0) is 22.8. The first kappa shape index (κ1) is 24.2. The summed E-state index contributed by atoms with van der Waals surface area (Å²) < 4.78 is 42.1. The molecular formula is C22H23F2NO5S. The van der Waals surface area contributed by atoms with E-state index in [1.54, 1.807) is 33.1 Å². The Kier molecular flexibility index (Phi) is 9.33. The molecule has 0 aliphatic rings. The van der Waals surface area contributed by atoms with E-state index in [1.165, 1.54) is 6.07 Å². The summed E-state index contributed by atoms with van der Waals surface area (Å²) in [7, 11) is 1.56. The molecule has 9 heteroatoms. The highest BCUT2D eigenvalue weighted by Crippen LogP contribution is 2.29. The molecule has 0 saturated heterocycles. The maximum atomic E-state index is 13.7. The SMILES string of the molecule is CCOC(=O)C(C(=O)OCC)=C(Nc1ccc(F)c(F)c1)SCc1ccc(OC)cc1. The van der Waals surface area contributed by atoms with Gasteiger partial charge in [0.05, 0.1) is 25.4 Å². The summed E-state index contributed by atoms with van der Waals surface area (Å²) in [4.78, 5) is 25.0. The second kappa shape index (κ2) is 11.9. The number of nitrogens with one attached hydrogen (secondary N) is 1. The third-order valence-electron chi connectivity index (χ3n) is 3.91. The first-order valence-corrected chi connectivity index (χ1v) is 10.4. The van der Waals surface area contributed by atoms with Crippen LogP contribution in [0.3, 0.4) is 0 Å². The largest absolute Gasteiger partial charge is 0.497 e. The molecule has 0 unspecified atom stereocenters. The Morgan fingerprint density at radius 1 is 0.935 bits per heavy atom. The lowest BCUT2D eigenvalue weighted by Crippen LogP contribution is -2.22. The predicted octanol–water partition coefficient (Wildman–Crippen LogP) is 4.66. The number of hydrogen-bond donors (Lipinski definition) is 1. The number of halogens is 2. The van der Waals surface area contributed by atoms with Crippen LogP contribution in [0, 0.1) is 11.6 Å². The Hall–Kier alpha value is -3.07. The summed E-state index contributed by atoms with van der Waals surface area (Å²) in [6.07, 6.45) is 0. The monoisotopic (exact) mass is 451 g/mol. The number of rotatable bonds is 10. The van der Waals surface area contributed by atoms with E-state index in [2.05, 4.69) is 5.32 Å². The summed E-state index contributed by atoms with van der Waals surface area (Å²) in [6, 6.07) is 10.4. The van der Waals surface area contributed by atoms with Crippen LogP contribution in [0.4, 0.5) is 14.5 Å². The maximum absolute atomic E-state index is 13.7. The van der Waals surface area contributed by atoms with Crippen molar-refractivity contribution in [2.75, 3.05) is 25.6 Å². The second-order valence-electron chi connectivity index (χ2n) is 6.04. The minimum Gasteiger partial charge on any atom is -0.497 e. The fourth-order valence-electron chi connectivity index (χ4n) is 2.43. The molecule has 2 rings (SSSR count). The molecule has 0 bridgehead atoms. The summed E-state index contributed by atoms with van der Waals surface area (Å²) >= 11 is 1.12. The average Bonchev–Trinajstić information content (AvgIpc) is 2.75. The summed E-state index contributed by atoms with van der Waals surface area (Å²) in [5.41, 5.74) is 0.677. The van der Waals surface area contributed by atoms with Gasteiger partial charge in [0.25, 0.3) is 0 Å². The van der Waals surface area contributed by atoms with E-state index in [-0.39, 0.29) is 29.5 Å². The Morgan fingerprint density at radius 3 is 2.06 bits per heavy atom. The highest BCUT2D eigenvalue weighted by atomic mass is 32.2. The number of thioether (sulfide) groups is 1. The van der Waals surface area contributed by atoms with Gasteiger partial charge in [-0.2, -0.15) is 0 Å². The van der Waals surface area contributed by atoms with Gasteiger partial charge in [0.15, 0.2) is 17.2 Å². The highest BCUT2D eigenvalue weighted by Gasteiger charge is 2.27. The molecule has 2 aromatic rings. The number of hydrogen-bond acceptors (Lipinski definition) is 7. The molecule has 0 spiro atoms. The van der Waals surface area contributed by atoms with Crippen molar-refractivity contribution in [2.24, 2.45) is 0 Å². The van der Waals surface area contributed by atoms with Gasteiger partial charge in [0, 0.05) is 17.5 Å². The molecule has 6 nitrogen and oxygen atoms in total. The lowest BCUT2D eigenvalue weighted by molar-refractivity contribution is -0.146. The second-order valence-corrected chi connectivity index (χ2v) is 7.02. The van der Waals surface area contributed by atoms with Crippen LogP contribution in [0.15, 0.2) is 53.1 Å². The number of methoxy groups -OCH3 is 1. The van der Waals surface area contributed by atoms with E-state index >= 15 is 0 Å². The fraction of sp³-hybridized carbons (Fsp3) is 0.273. The molecular weight excluding hydrogens is 428 g/mol. The zero-order valence-corrected chi connectivity index (χ0v) is 18.2. The number of carbonyl (C=O) groups is 2. The van der Waals surface area contributed by atoms with Crippen LogP contribution < -0.4 is 10.1 Å². The zero-order valence-electron chi connectivity index (χ0n) is 17.4. The van der Waals surface area contributed by atoms with E-state index in [0.29, 0.717) is 11.5 Å².